The van der Waals surface area contributed by atoms with Gasteiger partial charge in [-0.1, -0.05) is 17.7 Å². The van der Waals surface area contributed by atoms with E-state index in [1.54, 1.807) is 13.2 Å². The van der Waals surface area contributed by atoms with E-state index in [4.69, 9.17) is 16.3 Å². The molecule has 1 aliphatic carbocycles. The Labute approximate surface area is 94.8 Å². The van der Waals surface area contributed by atoms with Gasteiger partial charge in [0.1, 0.15) is 11.0 Å². The normalized spacial score (nSPS) is 25.5. The van der Waals surface area contributed by atoms with Gasteiger partial charge in [0, 0.05) is 13.2 Å². The van der Waals surface area contributed by atoms with E-state index in [2.05, 4.69) is 10.3 Å². The summed E-state index contributed by atoms with van der Waals surface area (Å²) >= 11 is 5.81. The first-order valence-electron chi connectivity index (χ1n) is 5.20. The van der Waals surface area contributed by atoms with Crippen LogP contribution in [0.15, 0.2) is 18.2 Å². The Balaban J connectivity index is 1.92. The van der Waals surface area contributed by atoms with Crippen LogP contribution in [0.25, 0.3) is 0 Å². The molecule has 1 aliphatic rings. The molecule has 2 rings (SSSR count). The first kappa shape index (κ1) is 10.7. The number of nitrogens with one attached hydrogen (secondary N) is 1. The Hall–Kier alpha value is -0.800. The van der Waals surface area contributed by atoms with Gasteiger partial charge in [0.15, 0.2) is 0 Å². The van der Waals surface area contributed by atoms with Crippen LogP contribution in [0.4, 0.5) is 5.82 Å². The third kappa shape index (κ3) is 2.83. The molecule has 1 saturated carbocycles. The number of halogens is 1. The molecule has 82 valence electrons. The largest absolute Gasteiger partial charge is 0.381 e. The zero-order valence-electron chi connectivity index (χ0n) is 8.74. The zero-order chi connectivity index (χ0) is 10.7. The molecule has 2 unspecified atom stereocenters. The summed E-state index contributed by atoms with van der Waals surface area (Å²) in [5, 5.41) is 3.90. The summed E-state index contributed by atoms with van der Waals surface area (Å²) in [6, 6.07) is 6.08. The van der Waals surface area contributed by atoms with Gasteiger partial charge in [0.05, 0.1) is 6.10 Å². The van der Waals surface area contributed by atoms with E-state index in [0.717, 1.165) is 25.1 Å². The topological polar surface area (TPSA) is 34.1 Å². The molecule has 0 radical (unpaired) electrons. The summed E-state index contributed by atoms with van der Waals surface area (Å²) in [7, 11) is 1.77. The highest BCUT2D eigenvalue weighted by atomic mass is 35.5. The smallest absolute Gasteiger partial charge is 0.131 e. The fourth-order valence-electron chi connectivity index (χ4n) is 1.98. The molecule has 4 heteroatoms. The molecule has 15 heavy (non-hydrogen) atoms. The van der Waals surface area contributed by atoms with E-state index < -0.39 is 0 Å². The molecule has 1 aromatic heterocycles. The summed E-state index contributed by atoms with van der Waals surface area (Å²) in [4.78, 5) is 4.20. The highest BCUT2D eigenvalue weighted by molar-refractivity contribution is 6.29. The summed E-state index contributed by atoms with van der Waals surface area (Å²) in [5.74, 6) is 0.851. The van der Waals surface area contributed by atoms with Crippen molar-refractivity contribution < 1.29 is 4.74 Å². The number of methoxy groups -OCH3 is 1. The Morgan fingerprint density at radius 2 is 2.33 bits per heavy atom. The third-order valence-electron chi connectivity index (χ3n) is 2.78. The van der Waals surface area contributed by atoms with Gasteiger partial charge in [-0.25, -0.2) is 4.98 Å². The van der Waals surface area contributed by atoms with Crippen LogP contribution >= 0.6 is 11.6 Å². The van der Waals surface area contributed by atoms with Crippen LogP contribution < -0.4 is 5.32 Å². The monoisotopic (exact) mass is 226 g/mol. The minimum absolute atomic E-state index is 0.390. The van der Waals surface area contributed by atoms with E-state index >= 15 is 0 Å². The standard InChI is InChI=1S/C11H15ClN2O/c1-15-9-6-5-8(7-9)13-11-4-2-3-10(12)14-11/h2-4,8-9H,5-7H2,1H3,(H,13,14). The second-order valence-electron chi connectivity index (χ2n) is 3.86. The molecular formula is C11H15ClN2O. The minimum atomic E-state index is 0.390. The molecule has 1 fully saturated rings. The Morgan fingerprint density at radius 1 is 1.47 bits per heavy atom. The lowest BCUT2D eigenvalue weighted by atomic mass is 10.2. The van der Waals surface area contributed by atoms with Crippen LogP contribution in [0.3, 0.4) is 0 Å². The van der Waals surface area contributed by atoms with E-state index in [-0.39, 0.29) is 0 Å². The molecule has 1 N–H and O–H groups in total. The Bertz CT molecular complexity index is 332. The SMILES string of the molecule is COC1CCC(Nc2cccc(Cl)n2)C1. The summed E-state index contributed by atoms with van der Waals surface area (Å²) in [5.41, 5.74) is 0. The molecule has 3 nitrogen and oxygen atoms in total. The van der Waals surface area contributed by atoms with Gasteiger partial charge in [-0.15, -0.1) is 0 Å². The number of nitrogens with zero attached hydrogens (tertiary/aromatic N) is 1. The number of anilines is 1. The van der Waals surface area contributed by atoms with Crippen molar-refractivity contribution in [3.8, 4) is 0 Å². The van der Waals surface area contributed by atoms with E-state index in [0.29, 0.717) is 17.3 Å². The molecule has 0 spiro atoms. The summed E-state index contributed by atoms with van der Waals surface area (Å²) in [6.45, 7) is 0. The van der Waals surface area contributed by atoms with Crippen molar-refractivity contribution in [2.45, 2.75) is 31.4 Å². The quantitative estimate of drug-likeness (QED) is 0.805. The van der Waals surface area contributed by atoms with Gasteiger partial charge >= 0.3 is 0 Å². The fraction of sp³-hybridized carbons (Fsp3) is 0.545. The molecule has 0 amide bonds. The molecule has 0 saturated heterocycles. The van der Waals surface area contributed by atoms with Crippen molar-refractivity contribution >= 4 is 17.4 Å². The molecule has 1 aromatic rings. The lowest BCUT2D eigenvalue weighted by Crippen LogP contribution is -2.17. The van der Waals surface area contributed by atoms with Crippen LogP contribution in [-0.4, -0.2) is 24.2 Å². The lowest BCUT2D eigenvalue weighted by Gasteiger charge is -2.13. The number of hydrogen-bond donors (Lipinski definition) is 1. The maximum Gasteiger partial charge on any atom is 0.131 e. The van der Waals surface area contributed by atoms with Crippen LogP contribution in [-0.2, 0) is 4.74 Å². The van der Waals surface area contributed by atoms with Crippen LogP contribution in [0, 0.1) is 0 Å². The lowest BCUT2D eigenvalue weighted by molar-refractivity contribution is 0.108. The van der Waals surface area contributed by atoms with Gasteiger partial charge in [0.2, 0.25) is 0 Å². The summed E-state index contributed by atoms with van der Waals surface area (Å²) < 4.78 is 5.32. The molecule has 0 bridgehead atoms. The van der Waals surface area contributed by atoms with Crippen molar-refractivity contribution in [1.29, 1.82) is 0 Å². The predicted molar refractivity (Wildman–Crippen MR) is 61.3 cm³/mol. The van der Waals surface area contributed by atoms with Crippen molar-refractivity contribution in [2.75, 3.05) is 12.4 Å². The first-order chi connectivity index (χ1) is 7.28. The van der Waals surface area contributed by atoms with Crippen molar-refractivity contribution in [2.24, 2.45) is 0 Å². The van der Waals surface area contributed by atoms with E-state index in [9.17, 15) is 0 Å². The Kier molecular flexibility index (Phi) is 3.44. The number of hydrogen-bond acceptors (Lipinski definition) is 3. The van der Waals surface area contributed by atoms with E-state index in [1.165, 1.54) is 0 Å². The molecular weight excluding hydrogens is 212 g/mol. The molecule has 2 atom stereocenters. The van der Waals surface area contributed by atoms with Gasteiger partial charge in [-0.05, 0) is 31.4 Å². The third-order valence-corrected chi connectivity index (χ3v) is 3.00. The highest BCUT2D eigenvalue weighted by Crippen LogP contribution is 2.24. The van der Waals surface area contributed by atoms with Crippen molar-refractivity contribution in [3.05, 3.63) is 23.4 Å². The minimum Gasteiger partial charge on any atom is -0.381 e. The van der Waals surface area contributed by atoms with E-state index in [1.807, 2.05) is 12.1 Å². The second kappa shape index (κ2) is 4.81. The molecule has 0 aromatic carbocycles. The zero-order valence-corrected chi connectivity index (χ0v) is 9.50. The molecule has 1 heterocycles. The number of pyridine rings is 1. The second-order valence-corrected chi connectivity index (χ2v) is 4.24. The first-order valence-corrected chi connectivity index (χ1v) is 5.57. The van der Waals surface area contributed by atoms with Crippen molar-refractivity contribution in [3.63, 3.8) is 0 Å². The van der Waals surface area contributed by atoms with Gasteiger partial charge in [-0.2, -0.15) is 0 Å². The maximum atomic E-state index is 5.81. The number of rotatable bonds is 3. The van der Waals surface area contributed by atoms with Gasteiger partial charge in [0.25, 0.3) is 0 Å². The van der Waals surface area contributed by atoms with Crippen LogP contribution in [0.1, 0.15) is 19.3 Å². The average molecular weight is 227 g/mol. The predicted octanol–water partition coefficient (Wildman–Crippen LogP) is 2.71. The highest BCUT2D eigenvalue weighted by Gasteiger charge is 2.24. The van der Waals surface area contributed by atoms with Gasteiger partial charge in [-0.3, -0.25) is 0 Å². The van der Waals surface area contributed by atoms with Crippen LogP contribution in [0.5, 0.6) is 0 Å². The van der Waals surface area contributed by atoms with Crippen molar-refractivity contribution in [1.82, 2.24) is 4.98 Å². The van der Waals surface area contributed by atoms with Crippen LogP contribution in [0.2, 0.25) is 5.15 Å². The average Bonchev–Trinajstić information content (AvgIpc) is 2.65. The van der Waals surface area contributed by atoms with Gasteiger partial charge < -0.3 is 10.1 Å². The molecule has 0 aliphatic heterocycles. The number of aromatic nitrogens is 1. The fourth-order valence-corrected chi connectivity index (χ4v) is 2.15. The summed E-state index contributed by atoms with van der Waals surface area (Å²) in [6.07, 6.45) is 3.69. The Morgan fingerprint density at radius 3 is 3.00 bits per heavy atom. The number of ether oxygens (including phenoxy) is 1. The maximum absolute atomic E-state index is 5.81.